The van der Waals surface area contributed by atoms with Crippen LogP contribution in [0, 0.1) is 0 Å². The highest BCUT2D eigenvalue weighted by Crippen LogP contribution is 2.34. The van der Waals surface area contributed by atoms with E-state index in [0.717, 1.165) is 24.2 Å². The molecular formula is C16H19N3O2. The number of aliphatic hydroxyl groups excluding tert-OH is 1. The Hall–Kier alpha value is -2.14. The van der Waals surface area contributed by atoms with Gasteiger partial charge in [-0.1, -0.05) is 24.3 Å². The van der Waals surface area contributed by atoms with Crippen LogP contribution in [0.15, 0.2) is 36.7 Å². The van der Waals surface area contributed by atoms with Crippen LogP contribution in [0.5, 0.6) is 0 Å². The third-order valence-corrected chi connectivity index (χ3v) is 4.01. The molecule has 2 N–H and O–H groups in total. The van der Waals surface area contributed by atoms with Gasteiger partial charge in [0.15, 0.2) is 0 Å². The van der Waals surface area contributed by atoms with Crippen molar-refractivity contribution in [1.82, 2.24) is 14.9 Å². The molecule has 1 unspecified atom stereocenters. The van der Waals surface area contributed by atoms with Crippen LogP contribution >= 0.6 is 0 Å². The Balaban J connectivity index is 1.78. The van der Waals surface area contributed by atoms with Crippen LogP contribution in [0.25, 0.3) is 0 Å². The Morgan fingerprint density at radius 1 is 1.43 bits per heavy atom. The van der Waals surface area contributed by atoms with E-state index in [2.05, 4.69) is 16.0 Å². The monoisotopic (exact) mass is 285 g/mol. The second-order valence-electron chi connectivity index (χ2n) is 5.31. The molecule has 5 nitrogen and oxygen atoms in total. The van der Waals surface area contributed by atoms with Crippen molar-refractivity contribution in [2.75, 3.05) is 13.2 Å². The number of nitrogens with zero attached hydrogens (tertiary/aromatic N) is 2. The highest BCUT2D eigenvalue weighted by Gasteiger charge is 2.31. The number of aliphatic hydroxyl groups is 1. The molecule has 2 aromatic rings. The van der Waals surface area contributed by atoms with Crippen molar-refractivity contribution in [3.05, 3.63) is 53.6 Å². The Morgan fingerprint density at radius 2 is 2.29 bits per heavy atom. The molecule has 1 atom stereocenters. The number of hydrogen-bond acceptors (Lipinski definition) is 3. The van der Waals surface area contributed by atoms with Crippen LogP contribution in [-0.4, -0.2) is 39.0 Å². The Labute approximate surface area is 123 Å². The first-order chi connectivity index (χ1) is 10.3. The lowest BCUT2D eigenvalue weighted by Crippen LogP contribution is -2.36. The summed E-state index contributed by atoms with van der Waals surface area (Å²) in [6.07, 6.45) is 5.20. The van der Waals surface area contributed by atoms with Gasteiger partial charge in [0.05, 0.1) is 19.1 Å². The summed E-state index contributed by atoms with van der Waals surface area (Å²) in [6, 6.07) is 8.12. The predicted molar refractivity (Wildman–Crippen MR) is 78.6 cm³/mol. The van der Waals surface area contributed by atoms with Gasteiger partial charge in [0.2, 0.25) is 5.91 Å². The third-order valence-electron chi connectivity index (χ3n) is 4.01. The van der Waals surface area contributed by atoms with Crippen molar-refractivity contribution in [2.24, 2.45) is 0 Å². The van der Waals surface area contributed by atoms with E-state index in [9.17, 15) is 9.90 Å². The normalized spacial score (nSPS) is 16.7. The van der Waals surface area contributed by atoms with Gasteiger partial charge in [-0.15, -0.1) is 0 Å². The van der Waals surface area contributed by atoms with Crippen molar-refractivity contribution in [2.45, 2.75) is 25.3 Å². The minimum atomic E-state index is -0.0947. The van der Waals surface area contributed by atoms with E-state index in [4.69, 9.17) is 0 Å². The number of aromatic amines is 1. The van der Waals surface area contributed by atoms with Gasteiger partial charge in [0.1, 0.15) is 5.82 Å². The number of rotatable bonds is 5. The zero-order valence-electron chi connectivity index (χ0n) is 11.8. The van der Waals surface area contributed by atoms with Crippen LogP contribution in [0.4, 0.5) is 0 Å². The highest BCUT2D eigenvalue weighted by atomic mass is 16.3. The first-order valence-corrected chi connectivity index (χ1v) is 7.25. The number of aryl methyl sites for hydroxylation is 1. The summed E-state index contributed by atoms with van der Waals surface area (Å²) in [5.41, 5.74) is 2.39. The number of fused-ring (bicyclic) bond motifs is 1. The van der Waals surface area contributed by atoms with E-state index in [1.165, 1.54) is 5.56 Å². The van der Waals surface area contributed by atoms with Crippen molar-refractivity contribution in [3.63, 3.8) is 0 Å². The van der Waals surface area contributed by atoms with E-state index in [1.807, 2.05) is 18.2 Å². The molecule has 1 aliphatic rings. The first kappa shape index (κ1) is 13.8. The standard InChI is InChI=1S/C16H19N3O2/c20-10-9-19(11-15-17-7-8-18-15)16(21)14-6-5-12-3-1-2-4-13(12)14/h1-4,7-8,14,20H,5-6,9-11H2,(H,17,18). The predicted octanol–water partition coefficient (Wildman–Crippen LogP) is 1.46. The summed E-state index contributed by atoms with van der Waals surface area (Å²) in [7, 11) is 0. The lowest BCUT2D eigenvalue weighted by Gasteiger charge is -2.24. The SMILES string of the molecule is O=C(C1CCc2ccccc21)N(CCO)Cc1ncc[nH]1. The molecule has 0 aliphatic heterocycles. The van der Waals surface area contributed by atoms with Gasteiger partial charge in [0, 0.05) is 18.9 Å². The van der Waals surface area contributed by atoms with Crippen LogP contribution in [-0.2, 0) is 17.8 Å². The van der Waals surface area contributed by atoms with Gasteiger partial charge in [0.25, 0.3) is 0 Å². The second-order valence-corrected chi connectivity index (χ2v) is 5.31. The number of benzene rings is 1. The van der Waals surface area contributed by atoms with E-state index in [0.29, 0.717) is 13.1 Å². The number of hydrogen-bond donors (Lipinski definition) is 2. The zero-order chi connectivity index (χ0) is 14.7. The molecule has 1 aliphatic carbocycles. The topological polar surface area (TPSA) is 69.2 Å². The Kier molecular flexibility index (Phi) is 4.01. The quantitative estimate of drug-likeness (QED) is 0.874. The van der Waals surface area contributed by atoms with Crippen molar-refractivity contribution in [3.8, 4) is 0 Å². The van der Waals surface area contributed by atoms with Crippen LogP contribution in [0.3, 0.4) is 0 Å². The summed E-state index contributed by atoms with van der Waals surface area (Å²) in [5, 5.41) is 9.23. The lowest BCUT2D eigenvalue weighted by molar-refractivity contribution is -0.134. The number of aromatic nitrogens is 2. The van der Waals surface area contributed by atoms with Gasteiger partial charge < -0.3 is 15.0 Å². The molecule has 5 heteroatoms. The van der Waals surface area contributed by atoms with Crippen LogP contribution < -0.4 is 0 Å². The first-order valence-electron chi connectivity index (χ1n) is 7.25. The molecule has 0 saturated heterocycles. The maximum Gasteiger partial charge on any atom is 0.230 e. The molecule has 1 aromatic carbocycles. The maximum atomic E-state index is 12.8. The molecular weight excluding hydrogens is 266 g/mol. The van der Waals surface area contributed by atoms with Crippen molar-refractivity contribution < 1.29 is 9.90 Å². The number of nitrogens with one attached hydrogen (secondary N) is 1. The van der Waals surface area contributed by atoms with Crippen LogP contribution in [0.1, 0.15) is 29.3 Å². The molecule has 1 heterocycles. The molecule has 0 spiro atoms. The molecule has 21 heavy (non-hydrogen) atoms. The number of carbonyl (C=O) groups excluding carboxylic acids is 1. The minimum Gasteiger partial charge on any atom is -0.395 e. The van der Waals surface area contributed by atoms with Gasteiger partial charge in [-0.2, -0.15) is 0 Å². The Morgan fingerprint density at radius 3 is 3.05 bits per heavy atom. The fourth-order valence-electron chi connectivity index (χ4n) is 2.99. The lowest BCUT2D eigenvalue weighted by atomic mass is 10.00. The Bertz CT molecular complexity index is 610. The molecule has 3 rings (SSSR count). The number of carbonyl (C=O) groups is 1. The molecule has 110 valence electrons. The zero-order valence-corrected chi connectivity index (χ0v) is 11.8. The van der Waals surface area contributed by atoms with E-state index < -0.39 is 0 Å². The maximum absolute atomic E-state index is 12.8. The highest BCUT2D eigenvalue weighted by molar-refractivity contribution is 5.85. The molecule has 1 amide bonds. The molecule has 0 bridgehead atoms. The van der Waals surface area contributed by atoms with E-state index >= 15 is 0 Å². The van der Waals surface area contributed by atoms with Gasteiger partial charge in [-0.25, -0.2) is 4.98 Å². The summed E-state index contributed by atoms with van der Waals surface area (Å²) >= 11 is 0. The fourth-order valence-corrected chi connectivity index (χ4v) is 2.99. The average Bonchev–Trinajstić information content (AvgIpc) is 3.15. The third kappa shape index (κ3) is 2.83. The summed E-state index contributed by atoms with van der Waals surface area (Å²) in [4.78, 5) is 21.6. The van der Waals surface area contributed by atoms with Crippen molar-refractivity contribution >= 4 is 5.91 Å². The molecule has 0 fully saturated rings. The average molecular weight is 285 g/mol. The molecule has 1 aromatic heterocycles. The molecule has 0 radical (unpaired) electrons. The van der Waals surface area contributed by atoms with Crippen molar-refractivity contribution in [1.29, 1.82) is 0 Å². The number of amides is 1. The fraction of sp³-hybridized carbons (Fsp3) is 0.375. The summed E-state index contributed by atoms with van der Waals surface area (Å²) in [5.74, 6) is 0.719. The van der Waals surface area contributed by atoms with Crippen LogP contribution in [0.2, 0.25) is 0 Å². The second kappa shape index (κ2) is 6.10. The van der Waals surface area contributed by atoms with Gasteiger partial charge in [-0.05, 0) is 24.0 Å². The summed E-state index contributed by atoms with van der Waals surface area (Å²) < 4.78 is 0. The van der Waals surface area contributed by atoms with E-state index in [1.54, 1.807) is 17.3 Å². The largest absolute Gasteiger partial charge is 0.395 e. The summed E-state index contributed by atoms with van der Waals surface area (Å²) in [6.45, 7) is 0.698. The van der Waals surface area contributed by atoms with Gasteiger partial charge >= 0.3 is 0 Å². The number of H-pyrrole nitrogens is 1. The molecule has 0 saturated carbocycles. The minimum absolute atomic E-state index is 0.0409. The van der Waals surface area contributed by atoms with Gasteiger partial charge in [-0.3, -0.25) is 4.79 Å². The van der Waals surface area contributed by atoms with E-state index in [-0.39, 0.29) is 18.4 Å². The smallest absolute Gasteiger partial charge is 0.230 e. The number of imidazole rings is 1.